The smallest absolute Gasteiger partial charge is 0.338 e. The zero-order valence-corrected chi connectivity index (χ0v) is 17.3. The number of carbonyl (C=O) groups excluding carboxylic acids is 2. The zero-order chi connectivity index (χ0) is 22.5. The number of hydrogen-bond donors (Lipinski definition) is 0. The Kier molecular flexibility index (Phi) is 7.11. The van der Waals surface area contributed by atoms with Gasteiger partial charge in [-0.2, -0.15) is 0 Å². The molecule has 0 fully saturated rings. The van der Waals surface area contributed by atoms with E-state index in [1.165, 1.54) is 18.2 Å². The van der Waals surface area contributed by atoms with Crippen molar-refractivity contribution in [1.29, 1.82) is 0 Å². The summed E-state index contributed by atoms with van der Waals surface area (Å²) in [4.78, 5) is 33.9. The van der Waals surface area contributed by atoms with Gasteiger partial charge in [0.05, 0.1) is 34.8 Å². The van der Waals surface area contributed by atoms with E-state index >= 15 is 0 Å². The first-order valence-corrected chi connectivity index (χ1v) is 10.2. The molecule has 0 aliphatic carbocycles. The van der Waals surface area contributed by atoms with Gasteiger partial charge in [0.1, 0.15) is 6.54 Å². The topological polar surface area (TPSA) is 133 Å². The Morgan fingerprint density at radius 2 is 1.77 bits per heavy atom. The van der Waals surface area contributed by atoms with Crippen molar-refractivity contribution in [3.8, 4) is 0 Å². The second kappa shape index (κ2) is 9.35. The summed E-state index contributed by atoms with van der Waals surface area (Å²) >= 11 is 0. The fourth-order valence-corrected chi connectivity index (χ4v) is 4.03. The van der Waals surface area contributed by atoms with Crippen molar-refractivity contribution in [3.63, 3.8) is 0 Å². The fourth-order valence-electron chi connectivity index (χ4n) is 2.57. The fraction of sp³-hybridized carbons (Fsp3) is 0.263. The van der Waals surface area contributed by atoms with Crippen molar-refractivity contribution in [2.45, 2.75) is 18.7 Å². The maximum Gasteiger partial charge on any atom is 0.338 e. The highest BCUT2D eigenvalue weighted by molar-refractivity contribution is 7.92. The van der Waals surface area contributed by atoms with Gasteiger partial charge in [0, 0.05) is 12.1 Å². The largest absolute Gasteiger partial charge is 0.468 e. The van der Waals surface area contributed by atoms with Crippen LogP contribution in [0.2, 0.25) is 0 Å². The molecule has 2 aromatic carbocycles. The van der Waals surface area contributed by atoms with Gasteiger partial charge >= 0.3 is 11.9 Å². The molecule has 0 atom stereocenters. The van der Waals surface area contributed by atoms with Gasteiger partial charge in [0.2, 0.25) is 0 Å². The number of sulfonamides is 1. The highest BCUT2D eigenvalue weighted by atomic mass is 32.2. The molecule has 0 radical (unpaired) electrons. The number of non-ortho nitro benzene ring substituents is 1. The van der Waals surface area contributed by atoms with Crippen LogP contribution in [0.1, 0.15) is 22.8 Å². The van der Waals surface area contributed by atoms with Crippen molar-refractivity contribution in [3.05, 3.63) is 63.7 Å². The molecule has 0 aromatic heterocycles. The molecule has 30 heavy (non-hydrogen) atoms. The molecule has 0 N–H and O–H groups in total. The molecule has 11 heteroatoms. The van der Waals surface area contributed by atoms with Crippen molar-refractivity contribution >= 4 is 33.3 Å². The predicted octanol–water partition coefficient (Wildman–Crippen LogP) is 2.45. The third-order valence-electron chi connectivity index (χ3n) is 4.12. The zero-order valence-electron chi connectivity index (χ0n) is 16.5. The Balaban J connectivity index is 2.60. The first kappa shape index (κ1) is 22.8. The molecule has 2 aromatic rings. The number of methoxy groups -OCH3 is 1. The van der Waals surface area contributed by atoms with Gasteiger partial charge in [-0.3, -0.25) is 19.2 Å². The summed E-state index contributed by atoms with van der Waals surface area (Å²) < 4.78 is 36.9. The number of carbonyl (C=O) groups is 2. The number of hydrogen-bond acceptors (Lipinski definition) is 8. The number of nitrogens with zero attached hydrogens (tertiary/aromatic N) is 2. The number of nitro groups is 1. The number of esters is 2. The Bertz CT molecular complexity index is 1060. The number of benzene rings is 2. The third-order valence-corrected chi connectivity index (χ3v) is 5.90. The molecule has 0 spiro atoms. The Morgan fingerprint density at radius 1 is 1.13 bits per heavy atom. The third kappa shape index (κ3) is 4.92. The van der Waals surface area contributed by atoms with Crippen LogP contribution in [0.5, 0.6) is 0 Å². The second-order valence-electron chi connectivity index (χ2n) is 6.06. The summed E-state index contributed by atoms with van der Waals surface area (Å²) in [6.45, 7) is 2.72. The number of ether oxygens (including phenoxy) is 2. The minimum absolute atomic E-state index is 0.0734. The van der Waals surface area contributed by atoms with Crippen LogP contribution in [-0.4, -0.2) is 45.5 Å². The summed E-state index contributed by atoms with van der Waals surface area (Å²) in [7, 11) is -3.21. The van der Waals surface area contributed by atoms with E-state index in [1.54, 1.807) is 13.8 Å². The van der Waals surface area contributed by atoms with Crippen LogP contribution in [-0.2, 0) is 24.3 Å². The minimum Gasteiger partial charge on any atom is -0.468 e. The van der Waals surface area contributed by atoms with E-state index < -0.39 is 33.4 Å². The molecule has 0 aliphatic rings. The number of rotatable bonds is 8. The van der Waals surface area contributed by atoms with Crippen LogP contribution in [0, 0.1) is 17.0 Å². The van der Waals surface area contributed by atoms with Gasteiger partial charge in [0.15, 0.2) is 0 Å². The molecule has 0 bridgehead atoms. The van der Waals surface area contributed by atoms with E-state index in [2.05, 4.69) is 4.74 Å². The summed E-state index contributed by atoms with van der Waals surface area (Å²) in [5, 5.41) is 10.8. The second-order valence-corrected chi connectivity index (χ2v) is 7.92. The van der Waals surface area contributed by atoms with Crippen LogP contribution in [0.15, 0.2) is 47.4 Å². The van der Waals surface area contributed by atoms with E-state index in [1.807, 2.05) is 0 Å². The number of anilines is 1. The molecule has 0 saturated heterocycles. The minimum atomic E-state index is -4.32. The SMILES string of the molecule is CCOC(=O)c1ccc(C)c(N(CC(=O)OC)S(=O)(=O)c2ccc([N+](=O)[O-])cc2)c1. The summed E-state index contributed by atoms with van der Waals surface area (Å²) in [5.41, 5.74) is 0.363. The predicted molar refractivity (Wildman–Crippen MR) is 107 cm³/mol. The van der Waals surface area contributed by atoms with Gasteiger partial charge in [-0.15, -0.1) is 0 Å². The lowest BCUT2D eigenvalue weighted by atomic mass is 10.1. The first-order chi connectivity index (χ1) is 14.1. The molecule has 10 nitrogen and oxygen atoms in total. The Morgan fingerprint density at radius 3 is 2.30 bits per heavy atom. The van der Waals surface area contributed by atoms with Crippen LogP contribution in [0.25, 0.3) is 0 Å². The number of aryl methyl sites for hydroxylation is 1. The molecule has 0 heterocycles. The normalized spacial score (nSPS) is 10.9. The lowest BCUT2D eigenvalue weighted by Crippen LogP contribution is -2.37. The van der Waals surface area contributed by atoms with Gasteiger partial charge < -0.3 is 9.47 Å². The van der Waals surface area contributed by atoms with Crippen LogP contribution >= 0.6 is 0 Å². The van der Waals surface area contributed by atoms with Crippen LogP contribution in [0.4, 0.5) is 11.4 Å². The lowest BCUT2D eigenvalue weighted by Gasteiger charge is -2.25. The molecule has 0 saturated carbocycles. The van der Waals surface area contributed by atoms with Crippen LogP contribution < -0.4 is 4.31 Å². The summed E-state index contributed by atoms with van der Waals surface area (Å²) in [6.07, 6.45) is 0. The Hall–Kier alpha value is -3.47. The molecule has 2 rings (SSSR count). The average Bonchev–Trinajstić information content (AvgIpc) is 2.72. The Labute approximate surface area is 173 Å². The highest BCUT2D eigenvalue weighted by Crippen LogP contribution is 2.29. The average molecular weight is 436 g/mol. The maximum absolute atomic E-state index is 13.3. The van der Waals surface area contributed by atoms with Gasteiger partial charge in [0.25, 0.3) is 15.7 Å². The van der Waals surface area contributed by atoms with Crippen molar-refractivity contribution in [1.82, 2.24) is 0 Å². The lowest BCUT2D eigenvalue weighted by molar-refractivity contribution is -0.384. The first-order valence-electron chi connectivity index (χ1n) is 8.73. The number of nitro benzene ring substituents is 1. The van der Waals surface area contributed by atoms with Gasteiger partial charge in [-0.1, -0.05) is 6.07 Å². The van der Waals surface area contributed by atoms with Gasteiger partial charge in [-0.05, 0) is 43.7 Å². The molecule has 0 unspecified atom stereocenters. The van der Waals surface area contributed by atoms with E-state index in [0.29, 0.717) is 5.56 Å². The van der Waals surface area contributed by atoms with Crippen molar-refractivity contribution < 1.29 is 32.4 Å². The molecular formula is C19H20N2O8S. The molecule has 0 aliphatic heterocycles. The van der Waals surface area contributed by atoms with E-state index in [9.17, 15) is 28.1 Å². The van der Waals surface area contributed by atoms with Crippen molar-refractivity contribution in [2.75, 3.05) is 24.6 Å². The van der Waals surface area contributed by atoms with Crippen molar-refractivity contribution in [2.24, 2.45) is 0 Å². The maximum atomic E-state index is 13.3. The van der Waals surface area contributed by atoms with E-state index in [-0.39, 0.29) is 28.4 Å². The summed E-state index contributed by atoms with van der Waals surface area (Å²) in [5.74, 6) is -1.48. The molecular weight excluding hydrogens is 416 g/mol. The molecule has 160 valence electrons. The van der Waals surface area contributed by atoms with E-state index in [0.717, 1.165) is 35.7 Å². The van der Waals surface area contributed by atoms with E-state index in [4.69, 9.17) is 4.74 Å². The summed E-state index contributed by atoms with van der Waals surface area (Å²) in [6, 6.07) is 8.54. The highest BCUT2D eigenvalue weighted by Gasteiger charge is 2.30. The molecule has 0 amide bonds. The van der Waals surface area contributed by atoms with Crippen LogP contribution in [0.3, 0.4) is 0 Å². The monoisotopic (exact) mass is 436 g/mol. The van der Waals surface area contributed by atoms with Gasteiger partial charge in [-0.25, -0.2) is 13.2 Å². The quantitative estimate of drug-likeness (QED) is 0.350. The standard InChI is InChI=1S/C19H20N2O8S/c1-4-29-19(23)14-6-5-13(2)17(11-14)20(12-18(22)28-3)30(26,27)16-9-7-15(8-10-16)21(24)25/h5-11H,4,12H2,1-3H3.